The van der Waals surface area contributed by atoms with Gasteiger partial charge in [0.1, 0.15) is 25.0 Å². The van der Waals surface area contributed by atoms with E-state index < -0.39 is 0 Å². The molecule has 2 heterocycles. The maximum absolute atomic E-state index is 6.12. The van der Waals surface area contributed by atoms with Gasteiger partial charge < -0.3 is 9.47 Å². The number of hydrogen-bond donors (Lipinski definition) is 0. The van der Waals surface area contributed by atoms with Gasteiger partial charge in [0.25, 0.3) is 0 Å². The van der Waals surface area contributed by atoms with Crippen LogP contribution in [0.5, 0.6) is 11.5 Å². The Morgan fingerprint density at radius 3 is 1.50 bits per heavy atom. The van der Waals surface area contributed by atoms with Gasteiger partial charge in [-0.05, 0) is 31.0 Å². The molecule has 3 aromatic carbocycles. The van der Waals surface area contributed by atoms with Gasteiger partial charge in [-0.1, -0.05) is 60.7 Å². The van der Waals surface area contributed by atoms with E-state index in [4.69, 9.17) is 9.47 Å². The Morgan fingerprint density at radius 1 is 0.633 bits per heavy atom. The molecular formula is C26H28N2O2. The van der Waals surface area contributed by atoms with Crippen molar-refractivity contribution < 1.29 is 9.47 Å². The summed E-state index contributed by atoms with van der Waals surface area (Å²) >= 11 is 0. The van der Waals surface area contributed by atoms with Gasteiger partial charge in [0.2, 0.25) is 0 Å². The summed E-state index contributed by atoms with van der Waals surface area (Å²) in [5, 5.41) is 0. The quantitative estimate of drug-likeness (QED) is 0.576. The molecule has 4 nitrogen and oxygen atoms in total. The van der Waals surface area contributed by atoms with Gasteiger partial charge in [-0.2, -0.15) is 0 Å². The van der Waals surface area contributed by atoms with Gasteiger partial charge in [-0.25, -0.2) is 0 Å². The van der Waals surface area contributed by atoms with Gasteiger partial charge in [0.15, 0.2) is 0 Å². The minimum Gasteiger partial charge on any atom is -0.478 e. The fraction of sp³-hybridized carbons (Fsp3) is 0.308. The largest absolute Gasteiger partial charge is 0.478 e. The van der Waals surface area contributed by atoms with E-state index >= 15 is 0 Å². The summed E-state index contributed by atoms with van der Waals surface area (Å²) in [5.74, 6) is 1.91. The third-order valence-corrected chi connectivity index (χ3v) is 6.42. The zero-order valence-electron chi connectivity index (χ0n) is 17.6. The molecule has 2 unspecified atom stereocenters. The standard InChI is InChI=1S/C26H28N2O2/c1-19(21-9-5-3-6-10-21)27-15-23-13-24-16-28(20(2)22-11-7-4-8-12-22)18-30-26(24)14-25(23)29-17-27/h3-14,19-20H,15-18H2,1-2H3. The van der Waals surface area contributed by atoms with Crippen LogP contribution in [-0.4, -0.2) is 23.3 Å². The summed E-state index contributed by atoms with van der Waals surface area (Å²) in [6.07, 6.45) is 0. The molecule has 0 fully saturated rings. The molecule has 4 heteroatoms. The Bertz CT molecular complexity index is 928. The van der Waals surface area contributed by atoms with Gasteiger partial charge in [-0.15, -0.1) is 0 Å². The first-order chi connectivity index (χ1) is 14.7. The van der Waals surface area contributed by atoms with E-state index in [9.17, 15) is 0 Å². The molecule has 5 rings (SSSR count). The van der Waals surface area contributed by atoms with Gasteiger partial charge in [0, 0.05) is 42.4 Å². The highest BCUT2D eigenvalue weighted by Crippen LogP contribution is 2.38. The van der Waals surface area contributed by atoms with Crippen molar-refractivity contribution in [3.63, 3.8) is 0 Å². The minimum absolute atomic E-state index is 0.307. The molecule has 0 aliphatic carbocycles. The monoisotopic (exact) mass is 400 g/mol. The Kier molecular flexibility index (Phi) is 5.19. The lowest BCUT2D eigenvalue weighted by molar-refractivity contribution is 0.0524. The van der Waals surface area contributed by atoms with E-state index in [1.54, 1.807) is 0 Å². The van der Waals surface area contributed by atoms with Crippen molar-refractivity contribution in [1.29, 1.82) is 0 Å². The molecule has 154 valence electrons. The molecule has 0 spiro atoms. The van der Waals surface area contributed by atoms with E-state index in [0.717, 1.165) is 24.6 Å². The molecule has 3 aromatic rings. The van der Waals surface area contributed by atoms with Gasteiger partial charge in [0.05, 0.1) is 0 Å². The zero-order chi connectivity index (χ0) is 20.5. The fourth-order valence-electron chi connectivity index (χ4n) is 4.39. The van der Waals surface area contributed by atoms with Crippen LogP contribution < -0.4 is 9.47 Å². The maximum Gasteiger partial charge on any atom is 0.142 e. The topological polar surface area (TPSA) is 24.9 Å². The average molecular weight is 401 g/mol. The third-order valence-electron chi connectivity index (χ3n) is 6.42. The smallest absolute Gasteiger partial charge is 0.142 e. The van der Waals surface area contributed by atoms with Gasteiger partial charge >= 0.3 is 0 Å². The Balaban J connectivity index is 1.35. The number of rotatable bonds is 4. The molecule has 30 heavy (non-hydrogen) atoms. The predicted octanol–water partition coefficient (Wildman–Crippen LogP) is 5.51. The Labute approximate surface area is 178 Å². The summed E-state index contributed by atoms with van der Waals surface area (Å²) in [6, 6.07) is 26.2. The third kappa shape index (κ3) is 3.69. The van der Waals surface area contributed by atoms with Crippen LogP contribution >= 0.6 is 0 Å². The van der Waals surface area contributed by atoms with Crippen LogP contribution in [0.1, 0.15) is 48.2 Å². The summed E-state index contributed by atoms with van der Waals surface area (Å²) in [7, 11) is 0. The van der Waals surface area contributed by atoms with Crippen LogP contribution in [0.4, 0.5) is 0 Å². The summed E-state index contributed by atoms with van der Waals surface area (Å²) in [5.41, 5.74) is 5.10. The van der Waals surface area contributed by atoms with Crippen LogP contribution in [0.3, 0.4) is 0 Å². The van der Waals surface area contributed by atoms with Crippen molar-refractivity contribution in [3.8, 4) is 11.5 Å². The van der Waals surface area contributed by atoms with Crippen molar-refractivity contribution in [3.05, 3.63) is 95.1 Å². The first-order valence-corrected chi connectivity index (χ1v) is 10.7. The molecule has 2 aliphatic heterocycles. The highest BCUT2D eigenvalue weighted by molar-refractivity contribution is 5.48. The molecular weight excluding hydrogens is 372 g/mol. The summed E-state index contributed by atoms with van der Waals surface area (Å²) < 4.78 is 12.2. The molecule has 0 N–H and O–H groups in total. The molecule has 0 bridgehead atoms. The molecule has 2 atom stereocenters. The molecule has 0 saturated heterocycles. The minimum atomic E-state index is 0.307. The van der Waals surface area contributed by atoms with Crippen molar-refractivity contribution in [2.24, 2.45) is 0 Å². The van der Waals surface area contributed by atoms with Crippen molar-refractivity contribution in [2.45, 2.75) is 39.0 Å². The van der Waals surface area contributed by atoms with Crippen LogP contribution in [0.25, 0.3) is 0 Å². The number of ether oxygens (including phenoxy) is 2. The molecule has 0 amide bonds. The van der Waals surface area contributed by atoms with Crippen LogP contribution in [0, 0.1) is 0 Å². The molecule has 0 saturated carbocycles. The lowest BCUT2D eigenvalue weighted by Gasteiger charge is -2.37. The lowest BCUT2D eigenvalue weighted by Crippen LogP contribution is -2.36. The highest BCUT2D eigenvalue weighted by Gasteiger charge is 2.28. The van der Waals surface area contributed by atoms with E-state index in [-0.39, 0.29) is 0 Å². The number of nitrogens with zero attached hydrogens (tertiary/aromatic N) is 2. The first kappa shape index (κ1) is 19.2. The summed E-state index contributed by atoms with van der Waals surface area (Å²) in [4.78, 5) is 4.75. The van der Waals surface area contributed by atoms with E-state index in [0.29, 0.717) is 25.5 Å². The van der Waals surface area contributed by atoms with Crippen molar-refractivity contribution >= 4 is 0 Å². The number of benzene rings is 3. The predicted molar refractivity (Wildman–Crippen MR) is 118 cm³/mol. The lowest BCUT2D eigenvalue weighted by atomic mass is 10.0. The molecule has 2 aliphatic rings. The number of fused-ring (bicyclic) bond motifs is 2. The molecule has 0 aromatic heterocycles. The molecule has 0 radical (unpaired) electrons. The summed E-state index contributed by atoms with van der Waals surface area (Å²) in [6.45, 7) is 7.45. The van der Waals surface area contributed by atoms with E-state index in [2.05, 4.69) is 96.4 Å². The second-order valence-corrected chi connectivity index (χ2v) is 8.28. The van der Waals surface area contributed by atoms with Crippen LogP contribution in [-0.2, 0) is 13.1 Å². The van der Waals surface area contributed by atoms with Crippen molar-refractivity contribution in [1.82, 2.24) is 9.80 Å². The van der Waals surface area contributed by atoms with E-state index in [1.165, 1.54) is 22.3 Å². The van der Waals surface area contributed by atoms with Crippen LogP contribution in [0.15, 0.2) is 72.8 Å². The fourth-order valence-corrected chi connectivity index (χ4v) is 4.39. The second-order valence-electron chi connectivity index (χ2n) is 8.28. The maximum atomic E-state index is 6.12. The van der Waals surface area contributed by atoms with E-state index in [1.807, 2.05) is 0 Å². The first-order valence-electron chi connectivity index (χ1n) is 10.7. The Morgan fingerprint density at radius 2 is 1.07 bits per heavy atom. The Hall–Kier alpha value is -2.82. The normalized spacial score (nSPS) is 18.5. The SMILES string of the molecule is CC(c1ccccc1)N1COc2cc3c(cc2C1)CN(C(C)c1ccccc1)CO3. The average Bonchev–Trinajstić information content (AvgIpc) is 2.82. The van der Waals surface area contributed by atoms with Gasteiger partial charge in [-0.3, -0.25) is 9.80 Å². The number of hydrogen-bond acceptors (Lipinski definition) is 4. The van der Waals surface area contributed by atoms with Crippen molar-refractivity contribution in [2.75, 3.05) is 13.5 Å². The zero-order valence-corrected chi connectivity index (χ0v) is 17.6. The highest BCUT2D eigenvalue weighted by atomic mass is 16.5. The second kappa shape index (κ2) is 8.13. The van der Waals surface area contributed by atoms with Crippen LogP contribution in [0.2, 0.25) is 0 Å².